The van der Waals surface area contributed by atoms with E-state index in [1.807, 2.05) is 6.92 Å². The largest absolute Gasteiger partial charge is 0.495 e. The van der Waals surface area contributed by atoms with Gasteiger partial charge in [0.05, 0.1) is 30.9 Å². The summed E-state index contributed by atoms with van der Waals surface area (Å²) in [5.41, 5.74) is 6.72. The molecule has 2 rings (SSSR count). The summed E-state index contributed by atoms with van der Waals surface area (Å²) in [6.45, 7) is 3.09. The highest BCUT2D eigenvalue weighted by atomic mass is 35.5. The minimum Gasteiger partial charge on any atom is -0.495 e. The van der Waals surface area contributed by atoms with Crippen LogP contribution >= 0.6 is 11.6 Å². The highest BCUT2D eigenvalue weighted by Crippen LogP contribution is 2.46. The van der Waals surface area contributed by atoms with Gasteiger partial charge in [-0.2, -0.15) is 0 Å². The third kappa shape index (κ3) is 2.28. The minimum absolute atomic E-state index is 0.237. The number of fused-ring (bicyclic) bond motifs is 1. The molecule has 0 aliphatic carbocycles. The van der Waals surface area contributed by atoms with E-state index in [4.69, 9.17) is 31.5 Å². The van der Waals surface area contributed by atoms with Gasteiger partial charge in [0.25, 0.3) is 0 Å². The molecule has 1 unspecified atom stereocenters. The van der Waals surface area contributed by atoms with Crippen LogP contribution < -0.4 is 19.9 Å². The van der Waals surface area contributed by atoms with Crippen molar-refractivity contribution in [1.29, 1.82) is 0 Å². The molecule has 1 aromatic rings. The molecular formula is C12H16ClNO3. The van der Waals surface area contributed by atoms with Gasteiger partial charge in [-0.05, 0) is 6.92 Å². The summed E-state index contributed by atoms with van der Waals surface area (Å²) < 4.78 is 16.6. The highest BCUT2D eigenvalue weighted by molar-refractivity contribution is 6.32. The first-order valence-electron chi connectivity index (χ1n) is 5.56. The van der Waals surface area contributed by atoms with Crippen LogP contribution in [0.2, 0.25) is 5.02 Å². The predicted molar refractivity (Wildman–Crippen MR) is 66.2 cm³/mol. The van der Waals surface area contributed by atoms with E-state index in [0.717, 1.165) is 12.0 Å². The zero-order chi connectivity index (χ0) is 12.4. The van der Waals surface area contributed by atoms with Gasteiger partial charge < -0.3 is 19.9 Å². The predicted octanol–water partition coefficient (Wildman–Crippen LogP) is 2.53. The first kappa shape index (κ1) is 12.3. The summed E-state index contributed by atoms with van der Waals surface area (Å²) >= 11 is 6.15. The zero-order valence-electron chi connectivity index (χ0n) is 9.96. The van der Waals surface area contributed by atoms with Crippen LogP contribution in [0, 0.1) is 0 Å². The van der Waals surface area contributed by atoms with Gasteiger partial charge in [0, 0.05) is 18.5 Å². The quantitative estimate of drug-likeness (QED) is 0.885. The van der Waals surface area contributed by atoms with Crippen molar-refractivity contribution in [1.82, 2.24) is 0 Å². The van der Waals surface area contributed by atoms with Crippen LogP contribution in [0.1, 0.15) is 24.9 Å². The minimum atomic E-state index is -0.237. The Morgan fingerprint density at radius 2 is 2.12 bits per heavy atom. The van der Waals surface area contributed by atoms with Crippen molar-refractivity contribution in [3.05, 3.63) is 16.7 Å². The maximum atomic E-state index is 6.15. The second-order valence-corrected chi connectivity index (χ2v) is 4.38. The van der Waals surface area contributed by atoms with Gasteiger partial charge in [0.15, 0.2) is 11.5 Å². The first-order chi connectivity index (χ1) is 8.15. The molecule has 1 aliphatic heterocycles. The summed E-state index contributed by atoms with van der Waals surface area (Å²) in [4.78, 5) is 0. The van der Waals surface area contributed by atoms with Crippen LogP contribution in [0.3, 0.4) is 0 Å². The average Bonchev–Trinajstić information content (AvgIpc) is 2.51. The summed E-state index contributed by atoms with van der Waals surface area (Å²) in [6, 6.07) is 1.48. The number of hydrogen-bond donors (Lipinski definition) is 1. The van der Waals surface area contributed by atoms with Crippen LogP contribution in [-0.2, 0) is 0 Å². The fraction of sp³-hybridized carbons (Fsp3) is 0.500. The standard InChI is InChI=1S/C12H16ClNO3/c1-7(14)10-11(15-2)8(13)6-9-12(10)17-5-3-4-16-9/h6-7H,3-5,14H2,1-2H3. The van der Waals surface area contributed by atoms with Gasteiger partial charge in [-0.3, -0.25) is 0 Å². The average molecular weight is 258 g/mol. The van der Waals surface area contributed by atoms with Crippen molar-refractivity contribution in [3.63, 3.8) is 0 Å². The van der Waals surface area contributed by atoms with Crippen molar-refractivity contribution < 1.29 is 14.2 Å². The van der Waals surface area contributed by atoms with Crippen molar-refractivity contribution in [2.24, 2.45) is 5.73 Å². The van der Waals surface area contributed by atoms with Gasteiger partial charge in [0.2, 0.25) is 0 Å². The van der Waals surface area contributed by atoms with Crippen molar-refractivity contribution in [2.45, 2.75) is 19.4 Å². The molecule has 94 valence electrons. The molecule has 0 aromatic heterocycles. The fourth-order valence-corrected chi connectivity index (χ4v) is 2.18. The zero-order valence-corrected chi connectivity index (χ0v) is 10.7. The van der Waals surface area contributed by atoms with Gasteiger partial charge in [-0.1, -0.05) is 11.6 Å². The number of rotatable bonds is 2. The van der Waals surface area contributed by atoms with Crippen molar-refractivity contribution in [2.75, 3.05) is 20.3 Å². The second-order valence-electron chi connectivity index (χ2n) is 3.97. The number of hydrogen-bond acceptors (Lipinski definition) is 4. The molecule has 2 N–H and O–H groups in total. The Morgan fingerprint density at radius 3 is 2.76 bits per heavy atom. The Kier molecular flexibility index (Phi) is 3.64. The molecule has 1 atom stereocenters. The molecule has 5 heteroatoms. The lowest BCUT2D eigenvalue weighted by atomic mass is 10.1. The summed E-state index contributed by atoms with van der Waals surface area (Å²) in [5.74, 6) is 1.85. The Balaban J connectivity index is 2.62. The normalized spacial score (nSPS) is 16.2. The molecule has 0 amide bonds. The fourth-order valence-electron chi connectivity index (χ4n) is 1.90. The lowest BCUT2D eigenvalue weighted by molar-refractivity contribution is 0.295. The molecule has 1 aromatic carbocycles. The van der Waals surface area contributed by atoms with E-state index in [9.17, 15) is 0 Å². The van der Waals surface area contributed by atoms with E-state index in [0.29, 0.717) is 35.5 Å². The van der Waals surface area contributed by atoms with E-state index in [2.05, 4.69) is 0 Å². The van der Waals surface area contributed by atoms with E-state index in [1.165, 1.54) is 0 Å². The molecule has 17 heavy (non-hydrogen) atoms. The van der Waals surface area contributed by atoms with Crippen LogP contribution in [0.4, 0.5) is 0 Å². The van der Waals surface area contributed by atoms with Gasteiger partial charge in [-0.15, -0.1) is 0 Å². The van der Waals surface area contributed by atoms with Crippen LogP contribution in [0.25, 0.3) is 0 Å². The number of halogens is 1. The number of benzene rings is 1. The van der Waals surface area contributed by atoms with Crippen LogP contribution in [0.15, 0.2) is 6.07 Å². The summed E-state index contributed by atoms with van der Waals surface area (Å²) in [6.07, 6.45) is 0.840. The molecule has 0 spiro atoms. The van der Waals surface area contributed by atoms with E-state index < -0.39 is 0 Å². The van der Waals surface area contributed by atoms with Crippen molar-refractivity contribution in [3.8, 4) is 17.2 Å². The molecule has 0 saturated heterocycles. The van der Waals surface area contributed by atoms with Crippen molar-refractivity contribution >= 4 is 11.6 Å². The summed E-state index contributed by atoms with van der Waals surface area (Å²) in [5, 5.41) is 0.490. The lowest BCUT2D eigenvalue weighted by Gasteiger charge is -2.19. The Bertz CT molecular complexity index is 421. The number of ether oxygens (including phenoxy) is 3. The molecule has 1 aliphatic rings. The van der Waals surface area contributed by atoms with Gasteiger partial charge >= 0.3 is 0 Å². The molecule has 0 radical (unpaired) electrons. The number of methoxy groups -OCH3 is 1. The van der Waals surface area contributed by atoms with E-state index in [1.54, 1.807) is 13.2 Å². The molecular weight excluding hydrogens is 242 g/mol. The molecule has 0 fully saturated rings. The Hall–Kier alpha value is -1.13. The Labute approximate surface area is 106 Å². The second kappa shape index (κ2) is 5.02. The molecule has 0 saturated carbocycles. The maximum absolute atomic E-state index is 6.15. The van der Waals surface area contributed by atoms with Gasteiger partial charge in [0.1, 0.15) is 5.75 Å². The van der Waals surface area contributed by atoms with Crippen LogP contribution in [0.5, 0.6) is 17.2 Å². The lowest BCUT2D eigenvalue weighted by Crippen LogP contribution is -2.10. The van der Waals surface area contributed by atoms with Gasteiger partial charge in [-0.25, -0.2) is 0 Å². The van der Waals surface area contributed by atoms with E-state index in [-0.39, 0.29) is 6.04 Å². The maximum Gasteiger partial charge on any atom is 0.169 e. The van der Waals surface area contributed by atoms with Crippen LogP contribution in [-0.4, -0.2) is 20.3 Å². The summed E-state index contributed by atoms with van der Waals surface area (Å²) in [7, 11) is 1.57. The first-order valence-corrected chi connectivity index (χ1v) is 5.94. The topological polar surface area (TPSA) is 53.7 Å². The monoisotopic (exact) mass is 257 g/mol. The SMILES string of the molecule is COc1c(Cl)cc2c(c1C(C)N)OCCCO2. The third-order valence-electron chi connectivity index (χ3n) is 2.64. The third-order valence-corrected chi connectivity index (χ3v) is 2.92. The Morgan fingerprint density at radius 1 is 1.41 bits per heavy atom. The number of nitrogens with two attached hydrogens (primary N) is 1. The smallest absolute Gasteiger partial charge is 0.169 e. The van der Waals surface area contributed by atoms with E-state index >= 15 is 0 Å². The highest BCUT2D eigenvalue weighted by Gasteiger charge is 2.24. The molecule has 1 heterocycles. The molecule has 0 bridgehead atoms. The molecule has 4 nitrogen and oxygen atoms in total.